The molecule has 0 amide bonds. The predicted octanol–water partition coefficient (Wildman–Crippen LogP) is 2.41. The van der Waals surface area contributed by atoms with E-state index in [0.717, 1.165) is 31.6 Å². The summed E-state index contributed by atoms with van der Waals surface area (Å²) >= 11 is 0. The molecule has 1 atom stereocenters. The topological polar surface area (TPSA) is 41.4 Å². The summed E-state index contributed by atoms with van der Waals surface area (Å²) in [4.78, 5) is 16.9. The van der Waals surface area contributed by atoms with Crippen LogP contribution in [0.3, 0.4) is 0 Å². The minimum atomic E-state index is -0.0111. The van der Waals surface area contributed by atoms with Crippen LogP contribution in [0.2, 0.25) is 0 Å². The maximum atomic E-state index is 12.5. The molecule has 1 aliphatic heterocycles. The molecule has 0 aliphatic carbocycles. The van der Waals surface area contributed by atoms with Crippen molar-refractivity contribution in [2.75, 3.05) is 32.1 Å². The Hall–Kier alpha value is -2.14. The number of hydrogen-bond donors (Lipinski definition) is 0. The van der Waals surface area contributed by atoms with E-state index in [1.165, 1.54) is 18.4 Å². The van der Waals surface area contributed by atoms with E-state index < -0.39 is 0 Å². The lowest BCUT2D eigenvalue weighted by Crippen LogP contribution is -2.41. The number of likely N-dealkylation sites (tertiary alicyclic amines) is 1. The average molecular weight is 340 g/mol. The molecule has 134 valence electrons. The third kappa shape index (κ3) is 4.69. The molecule has 2 heterocycles. The van der Waals surface area contributed by atoms with Crippen LogP contribution in [-0.2, 0) is 13.0 Å². The molecule has 25 heavy (non-hydrogen) atoms. The summed E-state index contributed by atoms with van der Waals surface area (Å²) < 4.78 is 1.61. The normalized spacial score (nSPS) is 18.2. The molecule has 1 unspecified atom stereocenters. The molecule has 1 aromatic heterocycles. The van der Waals surface area contributed by atoms with E-state index in [0.29, 0.717) is 12.6 Å². The lowest BCUT2D eigenvalue weighted by atomic mass is 10.0. The van der Waals surface area contributed by atoms with Crippen molar-refractivity contribution in [1.29, 1.82) is 0 Å². The zero-order valence-electron chi connectivity index (χ0n) is 15.3. The molecular formula is C20H28N4O. The summed E-state index contributed by atoms with van der Waals surface area (Å²) in [6.45, 7) is 2.66. The number of aromatic nitrogens is 2. The lowest BCUT2D eigenvalue weighted by Gasteiger charge is -2.32. The van der Waals surface area contributed by atoms with Gasteiger partial charge in [-0.05, 0) is 38.4 Å². The number of hydrogen-bond acceptors (Lipinski definition) is 4. The van der Waals surface area contributed by atoms with Gasteiger partial charge in [0.15, 0.2) is 0 Å². The standard InChI is InChI=1S/C20H28N4O/c1-22-12-7-6-10-18(22)16-24-20(25)14-19(15-21-24)23(2)13-11-17-8-4-3-5-9-17/h3-5,8-9,14-15,18H,6-7,10-13,16H2,1-2H3. The Morgan fingerprint density at radius 1 is 1.24 bits per heavy atom. The number of nitrogens with zero attached hydrogens (tertiary/aromatic N) is 4. The first-order valence-electron chi connectivity index (χ1n) is 9.16. The number of benzene rings is 1. The molecule has 5 nitrogen and oxygen atoms in total. The van der Waals surface area contributed by atoms with Crippen molar-refractivity contribution >= 4 is 5.69 Å². The summed E-state index contributed by atoms with van der Waals surface area (Å²) in [5.41, 5.74) is 2.17. The van der Waals surface area contributed by atoms with Crippen LogP contribution in [0.25, 0.3) is 0 Å². The van der Waals surface area contributed by atoms with E-state index >= 15 is 0 Å². The maximum Gasteiger partial charge on any atom is 0.268 e. The first-order valence-corrected chi connectivity index (χ1v) is 9.16. The summed E-state index contributed by atoms with van der Waals surface area (Å²) in [7, 11) is 4.15. The molecule has 1 aliphatic rings. The van der Waals surface area contributed by atoms with Crippen LogP contribution in [0.15, 0.2) is 47.4 Å². The van der Waals surface area contributed by atoms with Crippen molar-refractivity contribution in [3.05, 3.63) is 58.5 Å². The van der Waals surface area contributed by atoms with Crippen LogP contribution < -0.4 is 10.5 Å². The van der Waals surface area contributed by atoms with Crippen molar-refractivity contribution in [3.8, 4) is 0 Å². The highest BCUT2D eigenvalue weighted by Crippen LogP contribution is 2.16. The molecule has 0 radical (unpaired) electrons. The molecule has 1 fully saturated rings. The third-order valence-electron chi connectivity index (χ3n) is 5.18. The summed E-state index contributed by atoms with van der Waals surface area (Å²) in [5.74, 6) is 0. The van der Waals surface area contributed by atoms with E-state index in [1.54, 1.807) is 10.7 Å². The molecule has 0 bridgehead atoms. The molecule has 0 saturated carbocycles. The second-order valence-electron chi connectivity index (χ2n) is 7.02. The minimum Gasteiger partial charge on any atom is -0.373 e. The summed E-state index contributed by atoms with van der Waals surface area (Å²) in [6.07, 6.45) is 6.40. The van der Waals surface area contributed by atoms with Gasteiger partial charge in [-0.2, -0.15) is 5.10 Å². The Kier molecular flexibility index (Phi) is 5.87. The van der Waals surface area contributed by atoms with Gasteiger partial charge in [-0.15, -0.1) is 0 Å². The van der Waals surface area contributed by atoms with E-state index in [4.69, 9.17) is 0 Å². The van der Waals surface area contributed by atoms with Crippen LogP contribution in [0, 0.1) is 0 Å². The molecule has 3 rings (SSSR count). The molecule has 5 heteroatoms. The SMILES string of the molecule is CN(CCc1ccccc1)c1cnn(CC2CCCCN2C)c(=O)c1. The number of likely N-dealkylation sites (N-methyl/N-ethyl adjacent to an activating group) is 2. The van der Waals surface area contributed by atoms with Crippen molar-refractivity contribution in [1.82, 2.24) is 14.7 Å². The van der Waals surface area contributed by atoms with Crippen molar-refractivity contribution < 1.29 is 0 Å². The van der Waals surface area contributed by atoms with Gasteiger partial charge < -0.3 is 9.80 Å². The second-order valence-corrected chi connectivity index (χ2v) is 7.02. The van der Waals surface area contributed by atoms with Crippen molar-refractivity contribution in [2.24, 2.45) is 0 Å². The van der Waals surface area contributed by atoms with Gasteiger partial charge in [0.05, 0.1) is 18.4 Å². The molecule has 2 aromatic rings. The molecular weight excluding hydrogens is 312 g/mol. The zero-order valence-corrected chi connectivity index (χ0v) is 15.3. The molecule has 0 spiro atoms. The highest BCUT2D eigenvalue weighted by molar-refractivity contribution is 5.42. The van der Waals surface area contributed by atoms with Crippen molar-refractivity contribution in [3.63, 3.8) is 0 Å². The van der Waals surface area contributed by atoms with Crippen LogP contribution in [0.4, 0.5) is 5.69 Å². The van der Waals surface area contributed by atoms with E-state index in [2.05, 4.69) is 46.2 Å². The van der Waals surface area contributed by atoms with Crippen LogP contribution in [0.5, 0.6) is 0 Å². The van der Waals surface area contributed by atoms with Crippen LogP contribution in [-0.4, -0.2) is 47.9 Å². The smallest absolute Gasteiger partial charge is 0.268 e. The molecule has 0 N–H and O–H groups in total. The average Bonchev–Trinajstić information content (AvgIpc) is 2.64. The van der Waals surface area contributed by atoms with Gasteiger partial charge >= 0.3 is 0 Å². The van der Waals surface area contributed by atoms with Gasteiger partial charge in [-0.1, -0.05) is 36.8 Å². The van der Waals surface area contributed by atoms with Gasteiger partial charge in [-0.3, -0.25) is 4.79 Å². The fourth-order valence-electron chi connectivity index (χ4n) is 3.41. The molecule has 1 saturated heterocycles. The van der Waals surface area contributed by atoms with Crippen LogP contribution >= 0.6 is 0 Å². The quantitative estimate of drug-likeness (QED) is 0.810. The van der Waals surface area contributed by atoms with Gasteiger partial charge in [0, 0.05) is 25.7 Å². The fourth-order valence-corrected chi connectivity index (χ4v) is 3.41. The highest BCUT2D eigenvalue weighted by atomic mass is 16.1. The van der Waals surface area contributed by atoms with E-state index in [-0.39, 0.29) is 5.56 Å². The third-order valence-corrected chi connectivity index (χ3v) is 5.18. The lowest BCUT2D eigenvalue weighted by molar-refractivity contribution is 0.161. The first-order chi connectivity index (χ1) is 12.1. The minimum absolute atomic E-state index is 0.0111. The number of anilines is 1. The Morgan fingerprint density at radius 2 is 2.04 bits per heavy atom. The van der Waals surface area contributed by atoms with Gasteiger partial charge in [0.1, 0.15) is 0 Å². The largest absolute Gasteiger partial charge is 0.373 e. The summed E-state index contributed by atoms with van der Waals surface area (Å²) in [5, 5.41) is 4.42. The first kappa shape index (κ1) is 17.7. The molecule has 1 aromatic carbocycles. The second kappa shape index (κ2) is 8.30. The Morgan fingerprint density at radius 3 is 2.76 bits per heavy atom. The highest BCUT2D eigenvalue weighted by Gasteiger charge is 2.20. The van der Waals surface area contributed by atoms with Crippen LogP contribution in [0.1, 0.15) is 24.8 Å². The number of rotatable bonds is 6. The fraction of sp³-hybridized carbons (Fsp3) is 0.500. The number of piperidine rings is 1. The monoisotopic (exact) mass is 340 g/mol. The van der Waals surface area contributed by atoms with E-state index in [1.807, 2.05) is 19.3 Å². The van der Waals surface area contributed by atoms with Gasteiger partial charge in [0.2, 0.25) is 0 Å². The Labute approximate surface area is 149 Å². The summed E-state index contributed by atoms with van der Waals surface area (Å²) in [6, 6.07) is 12.5. The van der Waals surface area contributed by atoms with E-state index in [9.17, 15) is 4.79 Å². The van der Waals surface area contributed by atoms with Gasteiger partial charge in [0.25, 0.3) is 5.56 Å². The Bertz CT molecular complexity index is 728. The maximum absolute atomic E-state index is 12.5. The van der Waals surface area contributed by atoms with Crippen molar-refractivity contribution in [2.45, 2.75) is 38.3 Å². The predicted molar refractivity (Wildman–Crippen MR) is 102 cm³/mol. The van der Waals surface area contributed by atoms with Gasteiger partial charge in [-0.25, -0.2) is 4.68 Å². The Balaban J connectivity index is 1.61. The zero-order chi connectivity index (χ0) is 17.6.